The van der Waals surface area contributed by atoms with E-state index < -0.39 is 5.97 Å². The molecule has 0 saturated carbocycles. The molecule has 1 aliphatic heterocycles. The lowest BCUT2D eigenvalue weighted by Gasteiger charge is -2.31. The molecule has 0 atom stereocenters. The molecule has 126 valence electrons. The number of aromatic nitrogens is 2. The predicted molar refractivity (Wildman–Crippen MR) is 94.1 cm³/mol. The molecule has 0 bridgehead atoms. The number of aliphatic carboxylic acids is 1. The topological polar surface area (TPSA) is 78.4 Å². The zero-order chi connectivity index (χ0) is 17.1. The molecule has 0 radical (unpaired) electrons. The maximum Gasteiger partial charge on any atom is 0.306 e. The van der Waals surface area contributed by atoms with E-state index in [0.29, 0.717) is 42.6 Å². The molecule has 1 fully saturated rings. The molecular weight excluding hydrogens is 328 g/mol. The number of halogens is 1. The summed E-state index contributed by atoms with van der Waals surface area (Å²) < 4.78 is 0. The van der Waals surface area contributed by atoms with Crippen LogP contribution in [0.5, 0.6) is 0 Å². The molecule has 0 spiro atoms. The summed E-state index contributed by atoms with van der Waals surface area (Å²) in [5.74, 6) is 1.16. The van der Waals surface area contributed by atoms with Gasteiger partial charge in [-0.3, -0.25) is 4.79 Å². The molecule has 3 rings (SSSR count). The Balaban J connectivity index is 1.77. The highest BCUT2D eigenvalue weighted by Crippen LogP contribution is 2.27. The summed E-state index contributed by atoms with van der Waals surface area (Å²) in [6.07, 6.45) is 1.26. The van der Waals surface area contributed by atoms with Crippen LogP contribution in [-0.4, -0.2) is 34.1 Å². The van der Waals surface area contributed by atoms with Crippen molar-refractivity contribution in [2.45, 2.75) is 19.8 Å². The molecule has 0 unspecified atom stereocenters. The minimum absolute atomic E-state index is 0.259. The van der Waals surface area contributed by atoms with Gasteiger partial charge >= 0.3 is 5.97 Å². The van der Waals surface area contributed by atoms with Gasteiger partial charge in [-0.15, -0.1) is 0 Å². The summed E-state index contributed by atoms with van der Waals surface area (Å²) in [6.45, 7) is 3.20. The highest BCUT2D eigenvalue weighted by Gasteiger charge is 2.25. The van der Waals surface area contributed by atoms with Crippen molar-refractivity contribution >= 4 is 34.9 Å². The molecule has 0 amide bonds. The van der Waals surface area contributed by atoms with Crippen LogP contribution < -0.4 is 10.2 Å². The number of carboxylic acids is 1. The van der Waals surface area contributed by atoms with E-state index in [1.807, 2.05) is 37.3 Å². The number of nitrogens with zero attached hydrogens (tertiary/aromatic N) is 3. The van der Waals surface area contributed by atoms with Crippen molar-refractivity contribution in [2.24, 2.45) is 5.92 Å². The van der Waals surface area contributed by atoms with Crippen molar-refractivity contribution in [2.75, 3.05) is 23.3 Å². The Hall–Kier alpha value is -2.34. The summed E-state index contributed by atoms with van der Waals surface area (Å²) in [4.78, 5) is 22.1. The first-order valence-electron chi connectivity index (χ1n) is 7.88. The van der Waals surface area contributed by atoms with Crippen LogP contribution in [-0.2, 0) is 4.79 Å². The summed E-state index contributed by atoms with van der Waals surface area (Å²) >= 11 is 6.18. The fraction of sp³-hybridized carbons (Fsp3) is 0.353. The van der Waals surface area contributed by atoms with Crippen LogP contribution in [0.4, 0.5) is 17.3 Å². The molecule has 2 N–H and O–H groups in total. The van der Waals surface area contributed by atoms with Crippen LogP contribution >= 0.6 is 11.6 Å². The van der Waals surface area contributed by atoms with Crippen molar-refractivity contribution in [1.82, 2.24) is 9.97 Å². The van der Waals surface area contributed by atoms with Crippen LogP contribution in [0.1, 0.15) is 18.7 Å². The van der Waals surface area contributed by atoms with E-state index in [2.05, 4.69) is 20.2 Å². The van der Waals surface area contributed by atoms with Gasteiger partial charge in [0.15, 0.2) is 0 Å². The Morgan fingerprint density at radius 2 is 2.00 bits per heavy atom. The molecular formula is C17H19ClN4O2. The first-order valence-corrected chi connectivity index (χ1v) is 8.26. The smallest absolute Gasteiger partial charge is 0.306 e. The number of aryl methyl sites for hydroxylation is 1. The molecule has 0 aliphatic carbocycles. The lowest BCUT2D eigenvalue weighted by Crippen LogP contribution is -2.36. The van der Waals surface area contributed by atoms with Gasteiger partial charge in [0.1, 0.15) is 17.5 Å². The normalized spacial score (nSPS) is 15.3. The van der Waals surface area contributed by atoms with E-state index >= 15 is 0 Å². The van der Waals surface area contributed by atoms with Crippen molar-refractivity contribution in [3.63, 3.8) is 0 Å². The second-order valence-electron chi connectivity index (χ2n) is 5.86. The summed E-state index contributed by atoms with van der Waals surface area (Å²) in [6, 6.07) is 9.35. The van der Waals surface area contributed by atoms with Crippen molar-refractivity contribution in [3.8, 4) is 0 Å². The van der Waals surface area contributed by atoms with Gasteiger partial charge in [-0.25, -0.2) is 9.97 Å². The first-order chi connectivity index (χ1) is 11.5. The Labute approximate surface area is 145 Å². The van der Waals surface area contributed by atoms with Crippen LogP contribution in [0.15, 0.2) is 30.3 Å². The molecule has 7 heteroatoms. The third kappa shape index (κ3) is 3.76. The predicted octanol–water partition coefficient (Wildman–Crippen LogP) is 3.48. The molecule has 1 aliphatic rings. The van der Waals surface area contributed by atoms with Gasteiger partial charge in [0.05, 0.1) is 16.6 Å². The van der Waals surface area contributed by atoms with Gasteiger partial charge in [0.2, 0.25) is 0 Å². The van der Waals surface area contributed by atoms with Crippen LogP contribution in [0, 0.1) is 12.8 Å². The average Bonchev–Trinajstić information content (AvgIpc) is 2.56. The molecule has 24 heavy (non-hydrogen) atoms. The van der Waals surface area contributed by atoms with Gasteiger partial charge in [0.25, 0.3) is 0 Å². The highest BCUT2D eigenvalue weighted by atomic mass is 35.5. The maximum atomic E-state index is 11.1. The highest BCUT2D eigenvalue weighted by molar-refractivity contribution is 6.33. The molecule has 2 heterocycles. The monoisotopic (exact) mass is 346 g/mol. The van der Waals surface area contributed by atoms with Crippen molar-refractivity contribution < 1.29 is 9.90 Å². The maximum absolute atomic E-state index is 11.1. The van der Waals surface area contributed by atoms with Gasteiger partial charge < -0.3 is 15.3 Å². The number of hydrogen-bond acceptors (Lipinski definition) is 5. The standard InChI is InChI=1S/C17H19ClN4O2/c1-11-19-15(21-14-5-3-2-4-13(14)18)10-16(20-11)22-8-6-12(7-9-22)17(23)24/h2-5,10,12H,6-9H2,1H3,(H,23,24)(H,19,20,21). The van der Waals surface area contributed by atoms with E-state index in [9.17, 15) is 4.79 Å². The van der Waals surface area contributed by atoms with Crippen molar-refractivity contribution in [3.05, 3.63) is 41.2 Å². The summed E-state index contributed by atoms with van der Waals surface area (Å²) in [5, 5.41) is 12.9. The van der Waals surface area contributed by atoms with Crippen LogP contribution in [0.3, 0.4) is 0 Å². The number of benzene rings is 1. The van der Waals surface area contributed by atoms with Gasteiger partial charge in [-0.1, -0.05) is 23.7 Å². The van der Waals surface area contributed by atoms with Crippen molar-refractivity contribution in [1.29, 1.82) is 0 Å². The minimum Gasteiger partial charge on any atom is -0.481 e. The van der Waals surface area contributed by atoms with E-state index in [4.69, 9.17) is 16.7 Å². The summed E-state index contributed by atoms with van der Waals surface area (Å²) in [7, 11) is 0. The number of nitrogens with one attached hydrogen (secondary N) is 1. The number of rotatable bonds is 4. The van der Waals surface area contributed by atoms with E-state index in [1.54, 1.807) is 0 Å². The van der Waals surface area contributed by atoms with Gasteiger partial charge in [0, 0.05) is 19.2 Å². The number of carboxylic acid groups (broad SMARTS) is 1. The number of carbonyl (C=O) groups is 1. The molecule has 1 aromatic carbocycles. The molecule has 1 saturated heterocycles. The number of para-hydroxylation sites is 1. The number of hydrogen-bond donors (Lipinski definition) is 2. The second-order valence-corrected chi connectivity index (χ2v) is 6.27. The Morgan fingerprint density at radius 1 is 1.29 bits per heavy atom. The lowest BCUT2D eigenvalue weighted by molar-refractivity contribution is -0.142. The quantitative estimate of drug-likeness (QED) is 0.882. The number of anilines is 3. The number of piperidine rings is 1. The fourth-order valence-corrected chi connectivity index (χ4v) is 3.02. The third-order valence-corrected chi connectivity index (χ3v) is 4.46. The Morgan fingerprint density at radius 3 is 2.67 bits per heavy atom. The molecule has 6 nitrogen and oxygen atoms in total. The van der Waals surface area contributed by atoms with Gasteiger partial charge in [-0.2, -0.15) is 0 Å². The van der Waals surface area contributed by atoms with E-state index in [0.717, 1.165) is 11.5 Å². The van der Waals surface area contributed by atoms with E-state index in [1.165, 1.54) is 0 Å². The van der Waals surface area contributed by atoms with Crippen LogP contribution in [0.25, 0.3) is 0 Å². The molecule has 2 aromatic rings. The SMILES string of the molecule is Cc1nc(Nc2ccccc2Cl)cc(N2CCC(C(=O)O)CC2)n1. The largest absolute Gasteiger partial charge is 0.481 e. The zero-order valence-corrected chi connectivity index (χ0v) is 14.1. The van der Waals surface area contributed by atoms with E-state index in [-0.39, 0.29) is 5.92 Å². The lowest BCUT2D eigenvalue weighted by atomic mass is 9.97. The van der Waals surface area contributed by atoms with Crippen LogP contribution in [0.2, 0.25) is 5.02 Å². The summed E-state index contributed by atoms with van der Waals surface area (Å²) in [5.41, 5.74) is 0.785. The Kier molecular flexibility index (Phi) is 4.85. The zero-order valence-electron chi connectivity index (χ0n) is 13.4. The fourth-order valence-electron chi connectivity index (χ4n) is 2.83. The first kappa shape index (κ1) is 16.5. The van der Waals surface area contributed by atoms with Gasteiger partial charge in [-0.05, 0) is 31.9 Å². The second kappa shape index (κ2) is 7.05. The Bertz CT molecular complexity index is 745. The third-order valence-electron chi connectivity index (χ3n) is 4.13. The molecule has 1 aromatic heterocycles. The minimum atomic E-state index is -0.713. The average molecular weight is 347 g/mol.